The van der Waals surface area contributed by atoms with Crippen LogP contribution in [0.2, 0.25) is 0 Å². The first-order chi connectivity index (χ1) is 22.7. The molecule has 246 valence electrons. The molecule has 13 nitrogen and oxygen atoms in total. The van der Waals surface area contributed by atoms with Crippen molar-refractivity contribution in [3.63, 3.8) is 0 Å². The van der Waals surface area contributed by atoms with Gasteiger partial charge in [0.15, 0.2) is 23.0 Å². The van der Waals surface area contributed by atoms with E-state index in [1.807, 2.05) is 0 Å². The van der Waals surface area contributed by atoms with Crippen molar-refractivity contribution < 1.29 is 57.0 Å². The van der Waals surface area contributed by atoms with E-state index in [-0.39, 0.29) is 51.0 Å². The van der Waals surface area contributed by atoms with E-state index in [4.69, 9.17) is 47.4 Å². The fourth-order valence-electron chi connectivity index (χ4n) is 4.34. The number of hydrogen-bond acceptors (Lipinski definition) is 13. The van der Waals surface area contributed by atoms with Gasteiger partial charge in [0, 0.05) is 0 Å². The third kappa shape index (κ3) is 10.3. The van der Waals surface area contributed by atoms with E-state index in [9.17, 15) is 9.59 Å². The van der Waals surface area contributed by atoms with Gasteiger partial charge in [0.1, 0.15) is 51.0 Å². The van der Waals surface area contributed by atoms with Crippen molar-refractivity contribution in [1.29, 1.82) is 0 Å². The highest BCUT2D eigenvalue weighted by Crippen LogP contribution is 2.30. The third-order valence-electron chi connectivity index (χ3n) is 6.61. The van der Waals surface area contributed by atoms with Crippen LogP contribution in [0.4, 0.5) is 0 Å². The van der Waals surface area contributed by atoms with Crippen molar-refractivity contribution >= 4 is 11.9 Å². The lowest BCUT2D eigenvalue weighted by Gasteiger charge is -2.16. The number of carbonyl (C=O) groups is 2. The van der Waals surface area contributed by atoms with E-state index in [1.54, 1.807) is 36.4 Å². The Bertz CT molecular complexity index is 1330. The summed E-state index contributed by atoms with van der Waals surface area (Å²) in [5.41, 5.74) is 1.26. The van der Waals surface area contributed by atoms with Crippen molar-refractivity contribution in [2.45, 2.75) is 13.2 Å². The number of rotatable bonds is 0. The number of pyridine rings is 1. The van der Waals surface area contributed by atoms with E-state index in [2.05, 4.69) is 4.98 Å². The minimum Gasteiger partial charge on any atom is -0.487 e. The van der Waals surface area contributed by atoms with Crippen molar-refractivity contribution in [1.82, 2.24) is 4.98 Å². The lowest BCUT2D eigenvalue weighted by Crippen LogP contribution is -2.15. The summed E-state index contributed by atoms with van der Waals surface area (Å²) in [6.45, 7) is 3.76. The third-order valence-corrected chi connectivity index (χ3v) is 6.61. The van der Waals surface area contributed by atoms with Crippen LogP contribution in [0.15, 0.2) is 54.6 Å². The van der Waals surface area contributed by atoms with E-state index in [0.29, 0.717) is 87.0 Å². The molecule has 2 aliphatic heterocycles. The summed E-state index contributed by atoms with van der Waals surface area (Å²) in [5, 5.41) is 0. The van der Waals surface area contributed by atoms with Gasteiger partial charge in [-0.2, -0.15) is 0 Å². The van der Waals surface area contributed by atoms with E-state index >= 15 is 0 Å². The van der Waals surface area contributed by atoms with Crippen LogP contribution in [0.3, 0.4) is 0 Å². The first-order valence-corrected chi connectivity index (χ1v) is 15.0. The van der Waals surface area contributed by atoms with Gasteiger partial charge >= 0.3 is 11.9 Å². The minimum atomic E-state index is -0.700. The van der Waals surface area contributed by atoms with Crippen molar-refractivity contribution in [2.75, 3.05) is 79.3 Å². The van der Waals surface area contributed by atoms with Gasteiger partial charge in [-0.3, -0.25) is 0 Å². The van der Waals surface area contributed by atoms with Gasteiger partial charge in [-0.15, -0.1) is 0 Å². The molecule has 6 bridgehead atoms. The maximum Gasteiger partial charge on any atom is 0.357 e. The Morgan fingerprint density at radius 2 is 0.783 bits per heavy atom. The fourth-order valence-corrected chi connectivity index (χ4v) is 4.34. The van der Waals surface area contributed by atoms with Gasteiger partial charge in [0.05, 0.1) is 52.9 Å². The maximum absolute atomic E-state index is 12.8. The van der Waals surface area contributed by atoms with E-state index < -0.39 is 11.9 Å². The number of carbonyl (C=O) groups excluding carboxylic acids is 2. The molecule has 0 N–H and O–H groups in total. The Kier molecular flexibility index (Phi) is 12.8. The first kappa shape index (κ1) is 32.9. The molecule has 5 rings (SSSR count). The Balaban J connectivity index is 1.39. The summed E-state index contributed by atoms with van der Waals surface area (Å²) in [5.74, 6) is 0.522. The summed E-state index contributed by atoms with van der Waals surface area (Å²) in [7, 11) is 0. The Morgan fingerprint density at radius 1 is 0.413 bits per heavy atom. The van der Waals surface area contributed by atoms with Gasteiger partial charge in [0.2, 0.25) is 0 Å². The number of benzene rings is 2. The summed E-state index contributed by atoms with van der Waals surface area (Å²) in [4.78, 5) is 29.9. The van der Waals surface area contributed by atoms with Crippen molar-refractivity contribution in [2.24, 2.45) is 0 Å². The van der Waals surface area contributed by atoms with Gasteiger partial charge < -0.3 is 47.4 Å². The number of cyclic esters (lactones) is 2. The minimum absolute atomic E-state index is 0.0331. The zero-order valence-corrected chi connectivity index (χ0v) is 25.4. The van der Waals surface area contributed by atoms with Crippen molar-refractivity contribution in [3.8, 4) is 23.0 Å². The van der Waals surface area contributed by atoms with Crippen LogP contribution in [-0.4, -0.2) is 96.2 Å². The topological polar surface area (TPSA) is 139 Å². The first-order valence-electron chi connectivity index (χ1n) is 15.0. The molecular formula is C33H37NO12. The average Bonchev–Trinajstić information content (AvgIpc) is 3.08. The summed E-state index contributed by atoms with van der Waals surface area (Å²) >= 11 is 0. The highest BCUT2D eigenvalue weighted by molar-refractivity contribution is 5.91. The predicted molar refractivity (Wildman–Crippen MR) is 161 cm³/mol. The van der Waals surface area contributed by atoms with Crippen molar-refractivity contribution in [3.05, 3.63) is 77.1 Å². The second kappa shape index (κ2) is 17.9. The fraction of sp³-hybridized carbons (Fsp3) is 0.424. The molecule has 0 aliphatic carbocycles. The number of fused-ring (bicyclic) bond motifs is 13. The molecule has 0 spiro atoms. The molecule has 3 aromatic rings. The Hall–Kier alpha value is -4.43. The molecule has 2 aromatic carbocycles. The maximum atomic E-state index is 12.8. The largest absolute Gasteiger partial charge is 0.487 e. The molecule has 0 saturated carbocycles. The monoisotopic (exact) mass is 639 g/mol. The van der Waals surface area contributed by atoms with Gasteiger partial charge in [0.25, 0.3) is 0 Å². The standard InChI is InChI=1S/C33H37NO12/c35-32-26-2-1-3-27(34-26)33(36)46-23-25-5-7-29-31(21-25)44-19-15-40-11-10-39-14-18-43-30-20-24(22-45-32)4-6-28(30)41-16-12-37-8-9-38-13-17-42-29/h1-7,20-21H,8-19,22-23H2. The SMILES string of the molecule is O=C1OCc2ccc3c(c2)OCCOCCOCCOc2cc(ccc2OCCOCCOCCO3)COC(=O)c2cccc1n2. The lowest BCUT2D eigenvalue weighted by atomic mass is 10.2. The average molecular weight is 640 g/mol. The Labute approximate surface area is 266 Å². The summed E-state index contributed by atoms with van der Waals surface area (Å²) < 4.78 is 57.3. The molecule has 0 fully saturated rings. The van der Waals surface area contributed by atoms with E-state index in [1.165, 1.54) is 18.2 Å². The molecule has 2 aliphatic rings. The van der Waals surface area contributed by atoms with Crippen LogP contribution in [0.5, 0.6) is 23.0 Å². The number of aromatic nitrogens is 1. The number of esters is 2. The summed E-state index contributed by atoms with van der Waals surface area (Å²) in [6.07, 6.45) is 0. The molecule has 0 amide bonds. The Morgan fingerprint density at radius 3 is 1.20 bits per heavy atom. The molecule has 0 unspecified atom stereocenters. The van der Waals surface area contributed by atoms with Crippen LogP contribution in [0, 0.1) is 0 Å². The van der Waals surface area contributed by atoms with Crippen LogP contribution in [0.25, 0.3) is 0 Å². The smallest absolute Gasteiger partial charge is 0.357 e. The lowest BCUT2D eigenvalue weighted by molar-refractivity contribution is 0.0223. The number of hydrogen-bond donors (Lipinski definition) is 0. The molecule has 13 heteroatoms. The molecule has 0 saturated heterocycles. The highest BCUT2D eigenvalue weighted by atomic mass is 16.6. The number of ether oxygens (including phenoxy) is 10. The molecular weight excluding hydrogens is 602 g/mol. The predicted octanol–water partition coefficient (Wildman–Crippen LogP) is 3.40. The molecule has 46 heavy (non-hydrogen) atoms. The second-order valence-electron chi connectivity index (χ2n) is 9.97. The molecule has 1 aromatic heterocycles. The quantitative estimate of drug-likeness (QED) is 0.263. The zero-order valence-electron chi connectivity index (χ0n) is 25.4. The van der Waals surface area contributed by atoms with E-state index in [0.717, 1.165) is 0 Å². The van der Waals surface area contributed by atoms with Crippen LogP contribution >= 0.6 is 0 Å². The normalized spacial score (nSPS) is 18.0. The zero-order chi connectivity index (χ0) is 31.8. The van der Waals surface area contributed by atoms with Crippen LogP contribution in [-0.2, 0) is 41.6 Å². The van der Waals surface area contributed by atoms with Gasteiger partial charge in [-0.05, 0) is 47.5 Å². The molecule has 0 atom stereocenters. The second-order valence-corrected chi connectivity index (χ2v) is 9.97. The van der Waals surface area contributed by atoms with Crippen LogP contribution < -0.4 is 18.9 Å². The molecule has 3 heterocycles. The van der Waals surface area contributed by atoms with Gasteiger partial charge in [-0.25, -0.2) is 14.6 Å². The molecule has 0 radical (unpaired) electrons. The van der Waals surface area contributed by atoms with Gasteiger partial charge in [-0.1, -0.05) is 18.2 Å². The van der Waals surface area contributed by atoms with Crippen LogP contribution in [0.1, 0.15) is 32.1 Å². The highest BCUT2D eigenvalue weighted by Gasteiger charge is 2.17. The number of nitrogens with zero attached hydrogens (tertiary/aromatic N) is 1. The summed E-state index contributed by atoms with van der Waals surface area (Å²) in [6, 6.07) is 14.9.